The van der Waals surface area contributed by atoms with Crippen molar-refractivity contribution in [1.29, 1.82) is 0 Å². The van der Waals surface area contributed by atoms with Gasteiger partial charge in [0.05, 0.1) is 12.1 Å². The first-order chi connectivity index (χ1) is 8.72. The predicted octanol–water partition coefficient (Wildman–Crippen LogP) is 2.89. The van der Waals surface area contributed by atoms with Crippen LogP contribution >= 0.6 is 15.9 Å². The molecule has 1 saturated carbocycles. The van der Waals surface area contributed by atoms with E-state index in [-0.39, 0.29) is 5.82 Å². The molecule has 1 aliphatic carbocycles. The molecule has 0 atom stereocenters. The molecule has 0 radical (unpaired) electrons. The number of hydrogen-bond acceptors (Lipinski definition) is 4. The Morgan fingerprint density at radius 3 is 3.00 bits per heavy atom. The Hall–Kier alpha value is -1.27. The maximum Gasteiger partial charge on any atom is 0.249 e. The van der Waals surface area contributed by atoms with Gasteiger partial charge in [-0.2, -0.15) is 0 Å². The van der Waals surface area contributed by atoms with E-state index in [1.807, 2.05) is 0 Å². The third-order valence-electron chi connectivity index (χ3n) is 2.74. The van der Waals surface area contributed by atoms with Crippen LogP contribution in [-0.4, -0.2) is 16.2 Å². The molecular formula is C12H11BrFN3O. The lowest BCUT2D eigenvalue weighted by molar-refractivity contribution is 0.476. The van der Waals surface area contributed by atoms with Gasteiger partial charge in [-0.3, -0.25) is 0 Å². The van der Waals surface area contributed by atoms with Gasteiger partial charge in [-0.05, 0) is 47.0 Å². The molecule has 0 aliphatic heterocycles. The van der Waals surface area contributed by atoms with Gasteiger partial charge in [-0.15, -0.1) is 10.2 Å². The van der Waals surface area contributed by atoms with E-state index in [0.29, 0.717) is 29.9 Å². The van der Waals surface area contributed by atoms with Crippen LogP contribution in [0.15, 0.2) is 27.1 Å². The molecule has 1 heterocycles. The molecule has 18 heavy (non-hydrogen) atoms. The van der Waals surface area contributed by atoms with Gasteiger partial charge in [0.15, 0.2) is 0 Å². The summed E-state index contributed by atoms with van der Waals surface area (Å²) in [5.74, 6) is 0.520. The minimum Gasteiger partial charge on any atom is -0.419 e. The Kier molecular flexibility index (Phi) is 3.13. The normalized spacial score (nSPS) is 15.0. The van der Waals surface area contributed by atoms with Gasteiger partial charge >= 0.3 is 0 Å². The maximum absolute atomic E-state index is 13.2. The molecule has 4 nitrogen and oxygen atoms in total. The lowest BCUT2D eigenvalue weighted by Gasteiger charge is -1.99. The van der Waals surface area contributed by atoms with Crippen molar-refractivity contribution >= 4 is 15.9 Å². The van der Waals surface area contributed by atoms with Crippen molar-refractivity contribution in [2.45, 2.75) is 25.4 Å². The van der Waals surface area contributed by atoms with Crippen LogP contribution in [0.4, 0.5) is 4.39 Å². The number of benzene rings is 1. The highest BCUT2D eigenvalue weighted by molar-refractivity contribution is 9.10. The summed E-state index contributed by atoms with van der Waals surface area (Å²) < 4.78 is 19.4. The van der Waals surface area contributed by atoms with E-state index in [9.17, 15) is 4.39 Å². The van der Waals surface area contributed by atoms with Gasteiger partial charge in [0, 0.05) is 10.5 Å². The van der Waals surface area contributed by atoms with Crippen LogP contribution in [0.3, 0.4) is 0 Å². The summed E-state index contributed by atoms with van der Waals surface area (Å²) in [6.45, 7) is 0.560. The number of rotatable bonds is 4. The fourth-order valence-corrected chi connectivity index (χ4v) is 2.03. The van der Waals surface area contributed by atoms with Crippen LogP contribution in [0, 0.1) is 5.82 Å². The van der Waals surface area contributed by atoms with Crippen LogP contribution in [0.5, 0.6) is 0 Å². The summed E-state index contributed by atoms with van der Waals surface area (Å²) in [5.41, 5.74) is 0.570. The molecule has 1 aromatic carbocycles. The van der Waals surface area contributed by atoms with E-state index in [0.717, 1.165) is 4.47 Å². The van der Waals surface area contributed by atoms with Gasteiger partial charge in [0.1, 0.15) is 5.82 Å². The molecule has 0 saturated heterocycles. The van der Waals surface area contributed by atoms with Crippen LogP contribution < -0.4 is 5.32 Å². The average molecular weight is 312 g/mol. The highest BCUT2D eigenvalue weighted by Crippen LogP contribution is 2.28. The Bertz CT molecular complexity index is 568. The van der Waals surface area contributed by atoms with Crippen LogP contribution in [-0.2, 0) is 6.54 Å². The minimum absolute atomic E-state index is 0.328. The second-order valence-electron chi connectivity index (χ2n) is 4.28. The fourth-order valence-electron chi connectivity index (χ4n) is 1.61. The second kappa shape index (κ2) is 4.78. The molecule has 3 rings (SSSR count). The van der Waals surface area contributed by atoms with Crippen molar-refractivity contribution < 1.29 is 8.81 Å². The molecule has 1 fully saturated rings. The summed E-state index contributed by atoms with van der Waals surface area (Å²) in [5, 5.41) is 11.2. The van der Waals surface area contributed by atoms with Crippen molar-refractivity contribution in [2.75, 3.05) is 0 Å². The minimum atomic E-state index is -0.330. The first-order valence-corrected chi connectivity index (χ1v) is 6.53. The molecule has 94 valence electrons. The van der Waals surface area contributed by atoms with Gasteiger partial charge in [0.2, 0.25) is 11.8 Å². The number of nitrogens with one attached hydrogen (secondary N) is 1. The van der Waals surface area contributed by atoms with Crippen molar-refractivity contribution in [1.82, 2.24) is 15.5 Å². The van der Waals surface area contributed by atoms with E-state index >= 15 is 0 Å². The quantitative estimate of drug-likeness (QED) is 0.943. The second-order valence-corrected chi connectivity index (χ2v) is 5.13. The first-order valence-electron chi connectivity index (χ1n) is 5.73. The Morgan fingerprint density at radius 1 is 1.39 bits per heavy atom. The number of nitrogens with zero attached hydrogens (tertiary/aromatic N) is 2. The highest BCUT2D eigenvalue weighted by Gasteiger charge is 2.21. The molecule has 0 bridgehead atoms. The van der Waals surface area contributed by atoms with E-state index in [2.05, 4.69) is 31.4 Å². The van der Waals surface area contributed by atoms with Crippen LogP contribution in [0.25, 0.3) is 11.5 Å². The molecule has 0 amide bonds. The Balaban J connectivity index is 1.80. The van der Waals surface area contributed by atoms with Crippen molar-refractivity contribution in [2.24, 2.45) is 0 Å². The van der Waals surface area contributed by atoms with E-state index in [1.165, 1.54) is 25.0 Å². The summed E-state index contributed by atoms with van der Waals surface area (Å²) in [6, 6.07) is 4.95. The number of aromatic nitrogens is 2. The summed E-state index contributed by atoms with van der Waals surface area (Å²) in [4.78, 5) is 0. The van der Waals surface area contributed by atoms with Crippen LogP contribution in [0.1, 0.15) is 18.7 Å². The van der Waals surface area contributed by atoms with Gasteiger partial charge in [0.25, 0.3) is 0 Å². The van der Waals surface area contributed by atoms with Crippen molar-refractivity contribution in [3.05, 3.63) is 34.4 Å². The topological polar surface area (TPSA) is 51.0 Å². The summed E-state index contributed by atoms with van der Waals surface area (Å²) in [6.07, 6.45) is 2.41. The Labute approximate surface area is 112 Å². The predicted molar refractivity (Wildman–Crippen MR) is 67.3 cm³/mol. The highest BCUT2D eigenvalue weighted by atomic mass is 79.9. The molecule has 2 aromatic rings. The molecule has 0 unspecified atom stereocenters. The third kappa shape index (κ3) is 2.59. The lowest BCUT2D eigenvalue weighted by atomic mass is 10.2. The monoisotopic (exact) mass is 311 g/mol. The SMILES string of the molecule is Fc1ccc(Br)c(-c2nnc(CNC3CC3)o2)c1. The molecule has 0 spiro atoms. The average Bonchev–Trinajstić information content (AvgIpc) is 3.08. The van der Waals surface area contributed by atoms with E-state index < -0.39 is 0 Å². The molecule has 6 heteroatoms. The maximum atomic E-state index is 13.2. The number of hydrogen-bond donors (Lipinski definition) is 1. The third-order valence-corrected chi connectivity index (χ3v) is 3.44. The summed E-state index contributed by atoms with van der Waals surface area (Å²) in [7, 11) is 0. The molecule has 1 aromatic heterocycles. The largest absolute Gasteiger partial charge is 0.419 e. The van der Waals surface area contributed by atoms with Crippen molar-refractivity contribution in [3.8, 4) is 11.5 Å². The van der Waals surface area contributed by atoms with E-state index in [1.54, 1.807) is 6.07 Å². The smallest absolute Gasteiger partial charge is 0.249 e. The first kappa shape index (κ1) is 11.8. The van der Waals surface area contributed by atoms with Gasteiger partial charge < -0.3 is 9.73 Å². The zero-order valence-electron chi connectivity index (χ0n) is 9.49. The Morgan fingerprint density at radius 2 is 2.22 bits per heavy atom. The molecule has 1 N–H and O–H groups in total. The standard InChI is InChI=1S/C12H11BrFN3O/c13-10-4-1-7(14)5-9(10)12-17-16-11(18-12)6-15-8-2-3-8/h1,4-5,8,15H,2-3,6H2. The molecular weight excluding hydrogens is 301 g/mol. The lowest BCUT2D eigenvalue weighted by Crippen LogP contribution is -2.15. The fraction of sp³-hybridized carbons (Fsp3) is 0.333. The number of halogens is 2. The van der Waals surface area contributed by atoms with Gasteiger partial charge in [-0.25, -0.2) is 4.39 Å². The zero-order chi connectivity index (χ0) is 12.5. The van der Waals surface area contributed by atoms with E-state index in [4.69, 9.17) is 4.42 Å². The van der Waals surface area contributed by atoms with Crippen molar-refractivity contribution in [3.63, 3.8) is 0 Å². The van der Waals surface area contributed by atoms with Gasteiger partial charge in [-0.1, -0.05) is 0 Å². The summed E-state index contributed by atoms with van der Waals surface area (Å²) >= 11 is 3.34. The van der Waals surface area contributed by atoms with Crippen LogP contribution in [0.2, 0.25) is 0 Å². The zero-order valence-corrected chi connectivity index (χ0v) is 11.1. The molecule has 1 aliphatic rings.